The molecular weight excluding hydrogens is 468 g/mol. The van der Waals surface area contributed by atoms with Crippen molar-refractivity contribution >= 4 is 33.7 Å². The number of hydrogen-bond acceptors (Lipinski definition) is 6. The number of fused-ring (bicyclic) bond motifs is 7. The summed E-state index contributed by atoms with van der Waals surface area (Å²) in [7, 11) is 1.71. The highest BCUT2D eigenvalue weighted by molar-refractivity contribution is 7.16. The van der Waals surface area contributed by atoms with Crippen LogP contribution in [-0.2, 0) is 16.0 Å². The molecule has 2 aromatic rings. The lowest BCUT2D eigenvalue weighted by Gasteiger charge is -2.56. The molecule has 0 aliphatic heterocycles. The first-order chi connectivity index (χ1) is 17.4. The minimum Gasteiger partial charge on any atom is -0.495 e. The van der Waals surface area contributed by atoms with Gasteiger partial charge in [-0.2, -0.15) is 0 Å². The lowest BCUT2D eigenvalue weighted by molar-refractivity contribution is -0.158. The predicted molar refractivity (Wildman–Crippen MR) is 145 cm³/mol. The Morgan fingerprint density at radius 1 is 1.17 bits per heavy atom. The third-order valence-corrected chi connectivity index (χ3v) is 11.2. The van der Waals surface area contributed by atoms with Gasteiger partial charge in [0.1, 0.15) is 11.9 Å². The molecule has 1 heterocycles. The van der Waals surface area contributed by atoms with Crippen LogP contribution in [0.4, 0.5) is 10.8 Å². The van der Waals surface area contributed by atoms with E-state index in [0.717, 1.165) is 35.8 Å². The summed E-state index contributed by atoms with van der Waals surface area (Å²) in [6, 6.07) is 8.03. The summed E-state index contributed by atoms with van der Waals surface area (Å²) in [5.41, 5.74) is 4.06. The highest BCUT2D eigenvalue weighted by Gasteiger charge is 2.60. The van der Waals surface area contributed by atoms with Crippen molar-refractivity contribution in [1.29, 1.82) is 0 Å². The van der Waals surface area contributed by atoms with E-state index >= 15 is 0 Å². The Balaban J connectivity index is 1.28. The van der Waals surface area contributed by atoms with Gasteiger partial charge in [0.15, 0.2) is 5.13 Å². The first-order valence-corrected chi connectivity index (χ1v) is 14.5. The second-order valence-electron chi connectivity index (χ2n) is 11.7. The monoisotopic (exact) mass is 506 g/mol. The number of aromatic nitrogens is 1. The molecule has 1 aromatic heterocycles. The molecule has 192 valence electrons. The summed E-state index contributed by atoms with van der Waals surface area (Å²) >= 11 is 1.80. The fourth-order valence-electron chi connectivity index (χ4n) is 8.18. The number of nitrogens with one attached hydrogen (secondary N) is 1. The van der Waals surface area contributed by atoms with Crippen LogP contribution in [0.3, 0.4) is 0 Å². The smallest absolute Gasteiger partial charge is 0.305 e. The van der Waals surface area contributed by atoms with Gasteiger partial charge in [-0.05, 0) is 85.8 Å². The molecule has 0 radical (unpaired) electrons. The van der Waals surface area contributed by atoms with Gasteiger partial charge in [0.25, 0.3) is 0 Å². The van der Waals surface area contributed by atoms with Crippen molar-refractivity contribution in [2.75, 3.05) is 12.4 Å². The SMILES string of the molecule is CCC(=O)O[C@H]1CC[C@H]2[C@@H]3CC=C4c5sc(Nc6ccccc6OC)nc5CC[C@]4(C)[C@H]3CC[C@]12C. The van der Waals surface area contributed by atoms with Gasteiger partial charge in [-0.15, -0.1) is 0 Å². The second-order valence-corrected chi connectivity index (χ2v) is 12.7. The van der Waals surface area contributed by atoms with Gasteiger partial charge in [0.05, 0.1) is 23.4 Å². The maximum absolute atomic E-state index is 12.1. The second kappa shape index (κ2) is 8.90. The maximum Gasteiger partial charge on any atom is 0.305 e. The molecule has 2 saturated carbocycles. The zero-order valence-electron chi connectivity index (χ0n) is 21.9. The number of benzene rings is 1. The van der Waals surface area contributed by atoms with Crippen LogP contribution in [0, 0.1) is 28.6 Å². The minimum atomic E-state index is -0.0377. The van der Waals surface area contributed by atoms with E-state index in [1.165, 1.54) is 41.8 Å². The van der Waals surface area contributed by atoms with Crippen LogP contribution in [0.1, 0.15) is 76.3 Å². The van der Waals surface area contributed by atoms with Crippen molar-refractivity contribution in [2.24, 2.45) is 28.6 Å². The molecule has 6 heteroatoms. The Labute approximate surface area is 218 Å². The van der Waals surface area contributed by atoms with E-state index in [2.05, 4.69) is 25.2 Å². The van der Waals surface area contributed by atoms with Crippen LogP contribution in [0.2, 0.25) is 0 Å². The van der Waals surface area contributed by atoms with Crippen molar-refractivity contribution in [2.45, 2.75) is 78.2 Å². The molecular formula is C30H38N2O3S. The van der Waals surface area contributed by atoms with Gasteiger partial charge in [0.2, 0.25) is 0 Å². The number of para-hydroxylation sites is 2. The van der Waals surface area contributed by atoms with Gasteiger partial charge in [-0.25, -0.2) is 4.98 Å². The zero-order valence-corrected chi connectivity index (χ0v) is 22.7. The Hall–Kier alpha value is -2.34. The van der Waals surface area contributed by atoms with E-state index in [1.54, 1.807) is 18.4 Å². The molecule has 1 aromatic carbocycles. The number of thiazole rings is 1. The molecule has 6 atom stereocenters. The van der Waals surface area contributed by atoms with Gasteiger partial charge >= 0.3 is 5.97 Å². The minimum absolute atomic E-state index is 0.0377. The van der Waals surface area contributed by atoms with Crippen LogP contribution in [0.5, 0.6) is 5.75 Å². The molecule has 0 amide bonds. The molecule has 0 bridgehead atoms. The van der Waals surface area contributed by atoms with Crippen molar-refractivity contribution < 1.29 is 14.3 Å². The summed E-state index contributed by atoms with van der Waals surface area (Å²) < 4.78 is 11.5. The molecule has 2 fully saturated rings. The number of esters is 1. The van der Waals surface area contributed by atoms with E-state index < -0.39 is 0 Å². The van der Waals surface area contributed by atoms with E-state index in [-0.39, 0.29) is 22.9 Å². The lowest BCUT2D eigenvalue weighted by Crippen LogP contribution is -2.50. The van der Waals surface area contributed by atoms with Crippen LogP contribution >= 0.6 is 11.3 Å². The van der Waals surface area contributed by atoms with E-state index in [4.69, 9.17) is 14.5 Å². The first-order valence-electron chi connectivity index (χ1n) is 13.7. The Morgan fingerprint density at radius 3 is 2.81 bits per heavy atom. The highest BCUT2D eigenvalue weighted by atomic mass is 32.1. The topological polar surface area (TPSA) is 60.5 Å². The Morgan fingerprint density at radius 2 is 2.00 bits per heavy atom. The third kappa shape index (κ3) is 3.62. The van der Waals surface area contributed by atoms with Gasteiger partial charge < -0.3 is 14.8 Å². The number of nitrogens with zero attached hydrogens (tertiary/aromatic N) is 1. The Kier molecular flexibility index (Phi) is 5.94. The number of allylic oxidation sites excluding steroid dienone is 2. The van der Waals surface area contributed by atoms with Crippen LogP contribution in [0.15, 0.2) is 30.3 Å². The summed E-state index contributed by atoms with van der Waals surface area (Å²) in [5.74, 6) is 2.82. The number of aryl methyl sites for hydroxylation is 1. The van der Waals surface area contributed by atoms with E-state index in [1.807, 2.05) is 31.2 Å². The maximum atomic E-state index is 12.1. The Bertz CT molecular complexity index is 1200. The van der Waals surface area contributed by atoms with E-state index in [9.17, 15) is 4.79 Å². The molecule has 4 aliphatic carbocycles. The molecule has 4 aliphatic rings. The van der Waals surface area contributed by atoms with Gasteiger partial charge in [-0.1, -0.05) is 50.3 Å². The van der Waals surface area contributed by atoms with Crippen LogP contribution in [0.25, 0.3) is 5.57 Å². The number of carbonyl (C=O) groups excluding carboxylic acids is 1. The third-order valence-electron chi connectivity index (χ3n) is 10.1. The standard InChI is InChI=1S/C30H38N2O3S/c1-5-26(33)35-25-13-12-19-18-10-11-21-27-23(15-17-29(21,2)20(18)14-16-30(19,25)3)32-28(36-27)31-22-8-6-7-9-24(22)34-4/h6-9,11,18-20,25H,5,10,12-17H2,1-4H3,(H,31,32)/t18-,19-,20-,25-,29+,30-/m0/s1. The van der Waals surface area contributed by atoms with Crippen LogP contribution in [-0.4, -0.2) is 24.2 Å². The van der Waals surface area contributed by atoms with E-state index in [0.29, 0.717) is 24.2 Å². The lowest BCUT2D eigenvalue weighted by atomic mass is 9.48. The molecule has 0 spiro atoms. The average Bonchev–Trinajstić information content (AvgIpc) is 3.44. The highest BCUT2D eigenvalue weighted by Crippen LogP contribution is 2.66. The molecule has 0 unspecified atom stereocenters. The largest absolute Gasteiger partial charge is 0.495 e. The first kappa shape index (κ1) is 24.0. The molecule has 1 N–H and O–H groups in total. The zero-order chi connectivity index (χ0) is 25.1. The number of ether oxygens (including phenoxy) is 2. The van der Waals surface area contributed by atoms with Crippen molar-refractivity contribution in [3.8, 4) is 5.75 Å². The predicted octanol–water partition coefficient (Wildman–Crippen LogP) is 7.40. The van der Waals surface area contributed by atoms with Gasteiger partial charge in [-0.3, -0.25) is 4.79 Å². The molecule has 0 saturated heterocycles. The van der Waals surface area contributed by atoms with Crippen molar-refractivity contribution in [3.05, 3.63) is 40.9 Å². The number of anilines is 2. The van der Waals surface area contributed by atoms with Crippen LogP contribution < -0.4 is 10.1 Å². The van der Waals surface area contributed by atoms with Gasteiger partial charge in [0, 0.05) is 11.8 Å². The summed E-state index contributed by atoms with van der Waals surface area (Å²) in [5, 5.41) is 4.47. The van der Waals surface area contributed by atoms with Crippen molar-refractivity contribution in [1.82, 2.24) is 4.98 Å². The quantitative estimate of drug-likeness (QED) is 0.428. The fraction of sp³-hybridized carbons (Fsp3) is 0.600. The number of carbonyl (C=O) groups is 1. The number of hydrogen-bond donors (Lipinski definition) is 1. The number of methoxy groups -OCH3 is 1. The summed E-state index contributed by atoms with van der Waals surface area (Å²) in [6.07, 6.45) is 11.1. The number of rotatable bonds is 5. The molecule has 5 nitrogen and oxygen atoms in total. The van der Waals surface area contributed by atoms with Crippen molar-refractivity contribution in [3.63, 3.8) is 0 Å². The summed E-state index contributed by atoms with van der Waals surface area (Å²) in [6.45, 7) is 6.84. The summed E-state index contributed by atoms with van der Waals surface area (Å²) in [4.78, 5) is 18.5. The molecule has 6 rings (SSSR count). The fourth-order valence-corrected chi connectivity index (χ4v) is 9.38. The normalized spacial score (nSPS) is 34.5. The average molecular weight is 507 g/mol. The molecule has 36 heavy (non-hydrogen) atoms.